The Balaban J connectivity index is 2.39. The second kappa shape index (κ2) is 6.90. The Morgan fingerprint density at radius 1 is 1.29 bits per heavy atom. The molecule has 24 heavy (non-hydrogen) atoms. The number of ether oxygens (including phenoxy) is 1. The largest absolute Gasteiger partial charge is 0.481 e. The highest BCUT2D eigenvalue weighted by Gasteiger charge is 2.36. The second-order valence-corrected chi connectivity index (χ2v) is 8.10. The predicted octanol–water partition coefficient (Wildman–Crippen LogP) is 1.51. The molecule has 2 atom stereocenters. The fraction of sp³-hybridized carbons (Fsp3) is 0.500. The van der Waals surface area contributed by atoms with E-state index in [1.165, 1.54) is 23.5 Å². The van der Waals surface area contributed by atoms with E-state index in [0.717, 1.165) is 0 Å². The summed E-state index contributed by atoms with van der Waals surface area (Å²) in [5.74, 6) is -2.39. The lowest BCUT2D eigenvalue weighted by Crippen LogP contribution is -2.45. The van der Waals surface area contributed by atoms with E-state index >= 15 is 0 Å². The Kier molecular flexibility index (Phi) is 5.29. The van der Waals surface area contributed by atoms with E-state index in [4.69, 9.17) is 0 Å². The molecule has 0 amide bonds. The maximum absolute atomic E-state index is 12.9. The third-order valence-electron chi connectivity index (χ3n) is 4.23. The topological polar surface area (TPSA) is 101 Å². The molecule has 0 aliphatic carbocycles. The van der Waals surface area contributed by atoms with E-state index in [2.05, 4.69) is 4.74 Å². The van der Waals surface area contributed by atoms with E-state index in [1.54, 1.807) is 13.0 Å². The van der Waals surface area contributed by atoms with Crippen molar-refractivity contribution in [1.29, 1.82) is 0 Å². The number of aryl methyl sites for hydroxylation is 1. The summed E-state index contributed by atoms with van der Waals surface area (Å²) in [7, 11) is -2.65. The van der Waals surface area contributed by atoms with Crippen LogP contribution in [0.3, 0.4) is 0 Å². The van der Waals surface area contributed by atoms with Crippen LogP contribution >= 0.6 is 0 Å². The number of hydrogen-bond acceptors (Lipinski definition) is 5. The van der Waals surface area contributed by atoms with Crippen LogP contribution in [0.4, 0.5) is 0 Å². The lowest BCUT2D eigenvalue weighted by Gasteiger charge is -2.33. The van der Waals surface area contributed by atoms with Crippen LogP contribution in [0.5, 0.6) is 0 Å². The SMILES string of the molecule is COC(=O)c1cc(S(=O)(=O)N2CC(C)CC(C(=O)O)C2)ccc1C. The Bertz CT molecular complexity index is 758. The highest BCUT2D eigenvalue weighted by molar-refractivity contribution is 7.89. The van der Waals surface area contributed by atoms with Crippen molar-refractivity contribution >= 4 is 22.0 Å². The van der Waals surface area contributed by atoms with Gasteiger partial charge in [0.05, 0.1) is 23.5 Å². The number of carboxylic acids is 1. The van der Waals surface area contributed by atoms with Gasteiger partial charge in [-0.1, -0.05) is 13.0 Å². The van der Waals surface area contributed by atoms with Crippen LogP contribution in [0.15, 0.2) is 23.1 Å². The average molecular weight is 355 g/mol. The molecule has 2 unspecified atom stereocenters. The number of nitrogens with zero attached hydrogens (tertiary/aromatic N) is 1. The third-order valence-corrected chi connectivity index (χ3v) is 6.06. The van der Waals surface area contributed by atoms with Gasteiger partial charge in [0.15, 0.2) is 0 Å². The molecule has 0 spiro atoms. The summed E-state index contributed by atoms with van der Waals surface area (Å²) in [5, 5.41) is 9.21. The Labute approximate surface area is 141 Å². The fourth-order valence-electron chi connectivity index (χ4n) is 2.92. The molecule has 0 aromatic heterocycles. The molecule has 1 aromatic rings. The molecule has 1 heterocycles. The van der Waals surface area contributed by atoms with Gasteiger partial charge >= 0.3 is 11.9 Å². The highest BCUT2D eigenvalue weighted by Crippen LogP contribution is 2.28. The van der Waals surface area contributed by atoms with E-state index in [1.807, 2.05) is 6.92 Å². The molecule has 8 heteroatoms. The molecule has 132 valence electrons. The minimum absolute atomic E-state index is 0.0354. The summed E-state index contributed by atoms with van der Waals surface area (Å²) < 4.78 is 31.6. The molecule has 0 bridgehead atoms. The summed E-state index contributed by atoms with van der Waals surface area (Å²) >= 11 is 0. The first kappa shape index (κ1) is 18.4. The zero-order valence-corrected chi connectivity index (χ0v) is 14.7. The number of carbonyl (C=O) groups excluding carboxylic acids is 1. The van der Waals surface area contributed by atoms with Gasteiger partial charge in [-0.15, -0.1) is 0 Å². The molecular weight excluding hydrogens is 334 g/mol. The maximum Gasteiger partial charge on any atom is 0.338 e. The first-order chi connectivity index (χ1) is 11.2. The number of aliphatic carboxylic acids is 1. The van der Waals surface area contributed by atoms with Gasteiger partial charge in [0.25, 0.3) is 0 Å². The van der Waals surface area contributed by atoms with Crippen LogP contribution < -0.4 is 0 Å². The molecule has 1 N–H and O–H groups in total. The van der Waals surface area contributed by atoms with Crippen LogP contribution in [0.2, 0.25) is 0 Å². The summed E-state index contributed by atoms with van der Waals surface area (Å²) in [4.78, 5) is 23.0. The predicted molar refractivity (Wildman–Crippen MR) is 86.2 cm³/mol. The van der Waals surface area contributed by atoms with Crippen molar-refractivity contribution in [2.24, 2.45) is 11.8 Å². The van der Waals surface area contributed by atoms with Crippen LogP contribution in [-0.2, 0) is 19.6 Å². The number of carbonyl (C=O) groups is 2. The number of rotatable bonds is 4. The van der Waals surface area contributed by atoms with Crippen molar-refractivity contribution in [2.75, 3.05) is 20.2 Å². The molecule has 1 aliphatic rings. The molecule has 1 fully saturated rings. The standard InChI is InChI=1S/C16H21NO6S/c1-10-6-12(15(18)19)9-17(8-10)24(21,22)13-5-4-11(2)14(7-13)16(20)23-3/h4-5,7,10,12H,6,8-9H2,1-3H3,(H,18,19). The Hall–Kier alpha value is -1.93. The van der Waals surface area contributed by atoms with Crippen molar-refractivity contribution < 1.29 is 27.9 Å². The molecule has 1 saturated heterocycles. The first-order valence-electron chi connectivity index (χ1n) is 7.58. The monoisotopic (exact) mass is 355 g/mol. The van der Waals surface area contributed by atoms with E-state index in [-0.39, 0.29) is 29.5 Å². The molecule has 1 aliphatic heterocycles. The van der Waals surface area contributed by atoms with Crippen LogP contribution in [-0.4, -0.2) is 50.0 Å². The quantitative estimate of drug-likeness (QED) is 0.822. The van der Waals surface area contributed by atoms with E-state index < -0.39 is 27.9 Å². The van der Waals surface area contributed by atoms with Gasteiger partial charge in [0.1, 0.15) is 0 Å². The van der Waals surface area contributed by atoms with Gasteiger partial charge < -0.3 is 9.84 Å². The van der Waals surface area contributed by atoms with Crippen LogP contribution in [0.1, 0.15) is 29.3 Å². The number of carboxylic acid groups (broad SMARTS) is 1. The Morgan fingerprint density at radius 2 is 1.96 bits per heavy atom. The van der Waals surface area contributed by atoms with Crippen LogP contribution in [0.25, 0.3) is 0 Å². The van der Waals surface area contributed by atoms with Gasteiger partial charge in [0, 0.05) is 13.1 Å². The molecule has 0 saturated carbocycles. The number of esters is 1. The van der Waals surface area contributed by atoms with Crippen molar-refractivity contribution in [3.8, 4) is 0 Å². The number of sulfonamides is 1. The van der Waals surface area contributed by atoms with Crippen molar-refractivity contribution in [1.82, 2.24) is 4.31 Å². The van der Waals surface area contributed by atoms with Gasteiger partial charge in [-0.2, -0.15) is 4.31 Å². The number of piperidine rings is 1. The maximum atomic E-state index is 12.9. The lowest BCUT2D eigenvalue weighted by atomic mass is 9.92. The van der Waals surface area contributed by atoms with Gasteiger partial charge in [0.2, 0.25) is 10.0 Å². The first-order valence-corrected chi connectivity index (χ1v) is 9.02. The number of methoxy groups -OCH3 is 1. The number of hydrogen-bond donors (Lipinski definition) is 1. The van der Waals surface area contributed by atoms with Gasteiger partial charge in [-0.05, 0) is 37.0 Å². The summed E-state index contributed by atoms with van der Waals surface area (Å²) in [6.07, 6.45) is 0.447. The van der Waals surface area contributed by atoms with Gasteiger partial charge in [-0.25, -0.2) is 13.2 Å². The van der Waals surface area contributed by atoms with E-state index in [9.17, 15) is 23.1 Å². The lowest BCUT2D eigenvalue weighted by molar-refractivity contribution is -0.143. The third kappa shape index (κ3) is 3.59. The van der Waals surface area contributed by atoms with Crippen LogP contribution in [0, 0.1) is 18.8 Å². The highest BCUT2D eigenvalue weighted by atomic mass is 32.2. The Morgan fingerprint density at radius 3 is 2.54 bits per heavy atom. The molecule has 1 aromatic carbocycles. The summed E-state index contributed by atoms with van der Waals surface area (Å²) in [6, 6.07) is 4.25. The minimum atomic E-state index is -3.88. The summed E-state index contributed by atoms with van der Waals surface area (Å²) in [5.41, 5.74) is 0.787. The molecule has 0 radical (unpaired) electrons. The van der Waals surface area contributed by atoms with Crippen molar-refractivity contribution in [3.05, 3.63) is 29.3 Å². The van der Waals surface area contributed by atoms with Gasteiger partial charge in [-0.3, -0.25) is 4.79 Å². The fourth-order valence-corrected chi connectivity index (χ4v) is 4.55. The zero-order chi connectivity index (χ0) is 18.1. The van der Waals surface area contributed by atoms with Crippen molar-refractivity contribution in [2.45, 2.75) is 25.2 Å². The number of benzene rings is 1. The molecule has 2 rings (SSSR count). The smallest absolute Gasteiger partial charge is 0.338 e. The summed E-state index contributed by atoms with van der Waals surface area (Å²) in [6.45, 7) is 3.70. The second-order valence-electron chi connectivity index (χ2n) is 6.17. The normalized spacial score (nSPS) is 22.1. The average Bonchev–Trinajstić information content (AvgIpc) is 2.53. The molecule has 7 nitrogen and oxygen atoms in total. The van der Waals surface area contributed by atoms with E-state index in [0.29, 0.717) is 12.0 Å². The zero-order valence-electron chi connectivity index (χ0n) is 13.9. The minimum Gasteiger partial charge on any atom is -0.481 e. The molecular formula is C16H21NO6S. The van der Waals surface area contributed by atoms with Crippen molar-refractivity contribution in [3.63, 3.8) is 0 Å².